The molecule has 2 aromatic heterocycles. The maximum Gasteiger partial charge on any atom is 0.275 e. The van der Waals surface area contributed by atoms with Gasteiger partial charge in [0.1, 0.15) is 5.69 Å². The predicted octanol–water partition coefficient (Wildman–Crippen LogP) is 2.37. The average Bonchev–Trinajstić information content (AvgIpc) is 2.95. The molecule has 8 heteroatoms. The third kappa shape index (κ3) is 3.13. The summed E-state index contributed by atoms with van der Waals surface area (Å²) in [4.78, 5) is 16.3. The number of nitrogens with one attached hydrogen (secondary N) is 1. The first-order valence-corrected chi connectivity index (χ1v) is 7.74. The van der Waals surface area contributed by atoms with Crippen LogP contribution in [0.3, 0.4) is 0 Å². The van der Waals surface area contributed by atoms with Crippen LogP contribution in [-0.2, 0) is 7.05 Å². The maximum atomic E-state index is 12.1. The van der Waals surface area contributed by atoms with E-state index in [1.165, 1.54) is 23.3 Å². The summed E-state index contributed by atoms with van der Waals surface area (Å²) in [6, 6.07) is 1.80. The summed E-state index contributed by atoms with van der Waals surface area (Å²) in [6.07, 6.45) is 1.89. The number of hydrogen-bond acceptors (Lipinski definition) is 6. The van der Waals surface area contributed by atoms with E-state index in [9.17, 15) is 4.79 Å². The van der Waals surface area contributed by atoms with Crippen molar-refractivity contribution in [1.29, 1.82) is 0 Å². The van der Waals surface area contributed by atoms with Crippen LogP contribution in [0.25, 0.3) is 0 Å². The SMILES string of the molecule is CSc1nsc(NC(=O)c2cc(C(C)C)nn2C)n1. The molecule has 2 rings (SSSR count). The minimum Gasteiger partial charge on any atom is -0.295 e. The molecule has 0 saturated carbocycles. The van der Waals surface area contributed by atoms with Crippen LogP contribution in [0.1, 0.15) is 35.9 Å². The van der Waals surface area contributed by atoms with Gasteiger partial charge in [0.25, 0.3) is 5.91 Å². The van der Waals surface area contributed by atoms with Gasteiger partial charge in [-0.15, -0.1) is 0 Å². The second-order valence-electron chi connectivity index (χ2n) is 4.27. The van der Waals surface area contributed by atoms with Crippen LogP contribution in [0.4, 0.5) is 5.13 Å². The van der Waals surface area contributed by atoms with E-state index in [2.05, 4.69) is 19.8 Å². The zero-order chi connectivity index (χ0) is 14.0. The fourth-order valence-corrected chi connectivity index (χ4v) is 2.61. The van der Waals surface area contributed by atoms with Gasteiger partial charge in [-0.05, 0) is 18.2 Å². The lowest BCUT2D eigenvalue weighted by Gasteiger charge is -2.00. The zero-order valence-corrected chi connectivity index (χ0v) is 12.8. The monoisotopic (exact) mass is 297 g/mol. The van der Waals surface area contributed by atoms with E-state index in [4.69, 9.17) is 0 Å². The summed E-state index contributed by atoms with van der Waals surface area (Å²) in [7, 11) is 1.76. The Balaban J connectivity index is 2.15. The molecule has 0 aliphatic rings. The van der Waals surface area contributed by atoms with E-state index >= 15 is 0 Å². The van der Waals surface area contributed by atoms with Crippen LogP contribution in [-0.4, -0.2) is 31.3 Å². The van der Waals surface area contributed by atoms with Gasteiger partial charge < -0.3 is 0 Å². The summed E-state index contributed by atoms with van der Waals surface area (Å²) >= 11 is 2.62. The Bertz CT molecular complexity index is 590. The normalized spacial score (nSPS) is 11.0. The van der Waals surface area contributed by atoms with Crippen molar-refractivity contribution in [3.05, 3.63) is 17.5 Å². The van der Waals surface area contributed by atoms with E-state index in [1.54, 1.807) is 17.8 Å². The highest BCUT2D eigenvalue weighted by molar-refractivity contribution is 7.98. The van der Waals surface area contributed by atoms with Crippen molar-refractivity contribution in [2.45, 2.75) is 24.9 Å². The molecule has 0 spiro atoms. The minimum absolute atomic E-state index is 0.217. The third-order valence-electron chi connectivity index (χ3n) is 2.53. The maximum absolute atomic E-state index is 12.1. The molecular formula is C11H15N5OS2. The Hall–Kier alpha value is -1.41. The molecule has 2 aromatic rings. The van der Waals surface area contributed by atoms with Gasteiger partial charge in [-0.25, -0.2) is 0 Å². The molecule has 6 nitrogen and oxygen atoms in total. The zero-order valence-electron chi connectivity index (χ0n) is 11.2. The number of thioether (sulfide) groups is 1. The van der Waals surface area contributed by atoms with Crippen LogP contribution in [0.5, 0.6) is 0 Å². The lowest BCUT2D eigenvalue weighted by Crippen LogP contribution is -2.15. The Morgan fingerprint density at radius 3 is 2.79 bits per heavy atom. The first kappa shape index (κ1) is 14.0. The molecule has 0 bridgehead atoms. The highest BCUT2D eigenvalue weighted by atomic mass is 32.2. The lowest BCUT2D eigenvalue weighted by atomic mass is 10.1. The number of rotatable bonds is 4. The number of anilines is 1. The van der Waals surface area contributed by atoms with Gasteiger partial charge in [-0.2, -0.15) is 14.5 Å². The molecule has 0 fully saturated rings. The summed E-state index contributed by atoms with van der Waals surface area (Å²) in [5.41, 5.74) is 1.42. The Morgan fingerprint density at radius 2 is 2.26 bits per heavy atom. The van der Waals surface area contributed by atoms with Gasteiger partial charge in [0.2, 0.25) is 10.3 Å². The largest absolute Gasteiger partial charge is 0.295 e. The summed E-state index contributed by atoms with van der Waals surface area (Å²) in [5, 5.41) is 8.21. The summed E-state index contributed by atoms with van der Waals surface area (Å²) in [5.74, 6) is 0.0723. The number of carbonyl (C=O) groups is 1. The molecule has 0 unspecified atom stereocenters. The third-order valence-corrected chi connectivity index (χ3v) is 3.83. The minimum atomic E-state index is -0.217. The van der Waals surface area contributed by atoms with Crippen LogP contribution in [0.2, 0.25) is 0 Å². The van der Waals surface area contributed by atoms with E-state index in [1.807, 2.05) is 20.1 Å². The van der Waals surface area contributed by atoms with Gasteiger partial charge in [-0.1, -0.05) is 25.6 Å². The van der Waals surface area contributed by atoms with Crippen LogP contribution < -0.4 is 5.32 Å². The number of amides is 1. The number of aryl methyl sites for hydroxylation is 1. The molecule has 0 saturated heterocycles. The highest BCUT2D eigenvalue weighted by Gasteiger charge is 2.16. The molecule has 0 atom stereocenters. The van der Waals surface area contributed by atoms with Crippen molar-refractivity contribution in [3.8, 4) is 0 Å². The van der Waals surface area contributed by atoms with Crippen molar-refractivity contribution in [1.82, 2.24) is 19.1 Å². The lowest BCUT2D eigenvalue weighted by molar-refractivity contribution is 0.101. The molecule has 1 amide bonds. The van der Waals surface area contributed by atoms with Crippen LogP contribution in [0, 0.1) is 0 Å². The fourth-order valence-electron chi connectivity index (χ4n) is 1.49. The number of hydrogen-bond donors (Lipinski definition) is 1. The Morgan fingerprint density at radius 1 is 1.53 bits per heavy atom. The molecule has 0 aromatic carbocycles. The van der Waals surface area contributed by atoms with Crippen LogP contribution >= 0.6 is 23.3 Å². The molecular weight excluding hydrogens is 282 g/mol. The molecule has 1 N–H and O–H groups in total. The van der Waals surface area contributed by atoms with Gasteiger partial charge >= 0.3 is 0 Å². The van der Waals surface area contributed by atoms with E-state index in [-0.39, 0.29) is 11.8 Å². The molecule has 102 valence electrons. The second-order valence-corrected chi connectivity index (χ2v) is 5.80. The molecule has 2 heterocycles. The van der Waals surface area contributed by atoms with Gasteiger partial charge in [0.15, 0.2) is 0 Å². The summed E-state index contributed by atoms with van der Waals surface area (Å²) in [6.45, 7) is 4.08. The van der Waals surface area contributed by atoms with Crippen molar-refractivity contribution in [2.24, 2.45) is 7.05 Å². The van der Waals surface area contributed by atoms with E-state index < -0.39 is 0 Å². The van der Waals surface area contributed by atoms with Crippen LogP contribution in [0.15, 0.2) is 11.2 Å². The molecule has 0 aliphatic heterocycles. The van der Waals surface area contributed by atoms with E-state index in [0.717, 1.165) is 5.69 Å². The number of nitrogens with zero attached hydrogens (tertiary/aromatic N) is 4. The first-order valence-electron chi connectivity index (χ1n) is 5.74. The number of aromatic nitrogens is 4. The predicted molar refractivity (Wildman–Crippen MR) is 76.9 cm³/mol. The fraction of sp³-hybridized carbons (Fsp3) is 0.455. The quantitative estimate of drug-likeness (QED) is 0.877. The topological polar surface area (TPSA) is 72.7 Å². The molecule has 0 aliphatic carbocycles. The average molecular weight is 297 g/mol. The Labute approximate surface area is 119 Å². The van der Waals surface area contributed by atoms with Crippen molar-refractivity contribution >= 4 is 34.3 Å². The smallest absolute Gasteiger partial charge is 0.275 e. The van der Waals surface area contributed by atoms with Crippen molar-refractivity contribution in [3.63, 3.8) is 0 Å². The number of carbonyl (C=O) groups excluding carboxylic acids is 1. The van der Waals surface area contributed by atoms with Gasteiger partial charge in [0, 0.05) is 18.6 Å². The van der Waals surface area contributed by atoms with Crippen molar-refractivity contribution < 1.29 is 4.79 Å². The summed E-state index contributed by atoms with van der Waals surface area (Å²) < 4.78 is 5.68. The van der Waals surface area contributed by atoms with E-state index in [0.29, 0.717) is 16.0 Å². The first-order chi connectivity index (χ1) is 9.01. The Kier molecular flexibility index (Phi) is 4.20. The molecule has 19 heavy (non-hydrogen) atoms. The van der Waals surface area contributed by atoms with Crippen molar-refractivity contribution in [2.75, 3.05) is 11.6 Å². The molecule has 0 radical (unpaired) electrons. The van der Waals surface area contributed by atoms with Gasteiger partial charge in [0.05, 0.1) is 5.69 Å². The highest BCUT2D eigenvalue weighted by Crippen LogP contribution is 2.19. The second kappa shape index (κ2) is 5.70. The standard InChI is InChI=1S/C11H15N5OS2/c1-6(2)7-5-8(16(3)14-7)9(17)12-10-13-11(18-4)15-19-10/h5-6H,1-4H3,(H,12,13,15,17). The van der Waals surface area contributed by atoms with Gasteiger partial charge in [-0.3, -0.25) is 14.8 Å².